The van der Waals surface area contributed by atoms with Gasteiger partial charge >= 0.3 is 5.97 Å². The number of rotatable bonds is 2. The van der Waals surface area contributed by atoms with Crippen LogP contribution in [0.5, 0.6) is 0 Å². The summed E-state index contributed by atoms with van der Waals surface area (Å²) < 4.78 is 4.82. The van der Waals surface area contributed by atoms with Crippen molar-refractivity contribution in [2.75, 3.05) is 31.6 Å². The number of methoxy groups -OCH3 is 1. The van der Waals surface area contributed by atoms with Crippen LogP contribution in [0, 0.1) is 0 Å². The second kappa shape index (κ2) is 5.38. The first-order valence-corrected chi connectivity index (χ1v) is 5.91. The van der Waals surface area contributed by atoms with Gasteiger partial charge in [-0.3, -0.25) is 0 Å². The van der Waals surface area contributed by atoms with Crippen molar-refractivity contribution >= 4 is 23.3 Å². The van der Waals surface area contributed by atoms with Gasteiger partial charge in [0.25, 0.3) is 0 Å². The number of benzene rings is 1. The molecule has 1 fully saturated rings. The Morgan fingerprint density at radius 2 is 2.18 bits per heavy atom. The third-order valence-corrected chi connectivity index (χ3v) is 3.13. The van der Waals surface area contributed by atoms with Crippen LogP contribution < -0.4 is 10.2 Å². The maximum Gasteiger partial charge on any atom is 0.329 e. The first-order valence-electron chi connectivity index (χ1n) is 5.53. The molecular formula is C12H15ClN2O2. The van der Waals surface area contributed by atoms with E-state index in [4.69, 9.17) is 16.3 Å². The highest BCUT2D eigenvalue weighted by atomic mass is 35.5. The lowest BCUT2D eigenvalue weighted by Crippen LogP contribution is -2.55. The molecule has 0 radical (unpaired) electrons. The molecule has 0 aliphatic carbocycles. The molecule has 5 heteroatoms. The molecule has 2 rings (SSSR count). The van der Waals surface area contributed by atoms with Crippen LogP contribution in [-0.2, 0) is 9.53 Å². The standard InChI is InChI=1S/C12H15ClN2O2/c1-17-12(16)11-8-14-6-7-15(11)10-4-2-9(13)3-5-10/h2-5,11,14H,6-8H2,1H3/t11-/m1/s1. The fraction of sp³-hybridized carbons (Fsp3) is 0.417. The van der Waals surface area contributed by atoms with Crippen molar-refractivity contribution in [2.45, 2.75) is 6.04 Å². The first kappa shape index (κ1) is 12.2. The third-order valence-electron chi connectivity index (χ3n) is 2.87. The van der Waals surface area contributed by atoms with Gasteiger partial charge in [-0.1, -0.05) is 11.6 Å². The number of hydrogen-bond donors (Lipinski definition) is 1. The van der Waals surface area contributed by atoms with Gasteiger partial charge in [0.1, 0.15) is 6.04 Å². The highest BCUT2D eigenvalue weighted by Crippen LogP contribution is 2.21. The fourth-order valence-corrected chi connectivity index (χ4v) is 2.12. The Morgan fingerprint density at radius 3 is 2.82 bits per heavy atom. The van der Waals surface area contributed by atoms with Gasteiger partial charge in [-0.2, -0.15) is 0 Å². The highest BCUT2D eigenvalue weighted by Gasteiger charge is 2.29. The molecule has 17 heavy (non-hydrogen) atoms. The molecule has 1 atom stereocenters. The van der Waals surface area contributed by atoms with Crippen molar-refractivity contribution in [3.05, 3.63) is 29.3 Å². The van der Waals surface area contributed by atoms with Crippen LogP contribution >= 0.6 is 11.6 Å². The molecule has 1 aliphatic heterocycles. The monoisotopic (exact) mass is 254 g/mol. The zero-order chi connectivity index (χ0) is 12.3. The van der Waals surface area contributed by atoms with Gasteiger partial charge in [-0.25, -0.2) is 4.79 Å². The molecule has 0 bridgehead atoms. The molecule has 1 aromatic carbocycles. The number of carbonyl (C=O) groups excluding carboxylic acids is 1. The molecule has 1 saturated heterocycles. The van der Waals surface area contributed by atoms with Crippen LogP contribution in [0.4, 0.5) is 5.69 Å². The number of hydrogen-bond acceptors (Lipinski definition) is 4. The normalized spacial score (nSPS) is 20.1. The molecule has 1 aromatic rings. The predicted molar refractivity (Wildman–Crippen MR) is 67.5 cm³/mol. The van der Waals surface area contributed by atoms with E-state index in [9.17, 15) is 4.79 Å². The minimum atomic E-state index is -0.269. The molecular weight excluding hydrogens is 240 g/mol. The summed E-state index contributed by atoms with van der Waals surface area (Å²) in [4.78, 5) is 13.7. The molecule has 1 heterocycles. The van der Waals surface area contributed by atoms with Gasteiger partial charge in [0.15, 0.2) is 0 Å². The summed E-state index contributed by atoms with van der Waals surface area (Å²) in [5.41, 5.74) is 0.992. The average Bonchev–Trinajstić information content (AvgIpc) is 2.39. The maximum atomic E-state index is 11.7. The summed E-state index contributed by atoms with van der Waals surface area (Å²) in [6.07, 6.45) is 0. The van der Waals surface area contributed by atoms with Crippen molar-refractivity contribution in [2.24, 2.45) is 0 Å². The average molecular weight is 255 g/mol. The lowest BCUT2D eigenvalue weighted by atomic mass is 10.1. The zero-order valence-electron chi connectivity index (χ0n) is 9.65. The number of esters is 1. The summed E-state index contributed by atoms with van der Waals surface area (Å²) in [6, 6.07) is 7.23. The Morgan fingerprint density at radius 1 is 1.47 bits per heavy atom. The maximum absolute atomic E-state index is 11.7. The van der Waals surface area contributed by atoms with Crippen LogP contribution in [0.15, 0.2) is 24.3 Å². The molecule has 0 saturated carbocycles. The first-order chi connectivity index (χ1) is 8.22. The number of anilines is 1. The van der Waals surface area contributed by atoms with Gasteiger partial charge in [0.05, 0.1) is 7.11 Å². The second-order valence-electron chi connectivity index (χ2n) is 3.91. The molecule has 1 aliphatic rings. The number of nitrogens with one attached hydrogen (secondary N) is 1. The molecule has 0 amide bonds. The van der Waals surface area contributed by atoms with E-state index in [1.807, 2.05) is 29.2 Å². The van der Waals surface area contributed by atoms with E-state index in [2.05, 4.69) is 5.32 Å². The van der Waals surface area contributed by atoms with Crippen molar-refractivity contribution in [1.29, 1.82) is 0 Å². The van der Waals surface area contributed by atoms with Crippen LogP contribution in [0.3, 0.4) is 0 Å². The summed E-state index contributed by atoms with van der Waals surface area (Å²) in [5, 5.41) is 3.89. The van der Waals surface area contributed by atoms with Crippen LogP contribution in [0.2, 0.25) is 5.02 Å². The fourth-order valence-electron chi connectivity index (χ4n) is 1.99. The van der Waals surface area contributed by atoms with E-state index in [-0.39, 0.29) is 12.0 Å². The quantitative estimate of drug-likeness (QED) is 0.808. The van der Waals surface area contributed by atoms with E-state index in [0.29, 0.717) is 11.6 Å². The molecule has 92 valence electrons. The summed E-state index contributed by atoms with van der Waals surface area (Å²) in [7, 11) is 1.41. The third kappa shape index (κ3) is 2.70. The number of ether oxygens (including phenoxy) is 1. The van der Waals surface area contributed by atoms with Crippen LogP contribution in [0.1, 0.15) is 0 Å². The Hall–Kier alpha value is -1.26. The Balaban J connectivity index is 2.21. The van der Waals surface area contributed by atoms with E-state index < -0.39 is 0 Å². The second-order valence-corrected chi connectivity index (χ2v) is 4.35. The predicted octanol–water partition coefficient (Wildman–Crippen LogP) is 1.29. The molecule has 0 unspecified atom stereocenters. The van der Waals surface area contributed by atoms with Crippen molar-refractivity contribution in [3.8, 4) is 0 Å². The Bertz CT molecular complexity index is 394. The number of piperazine rings is 1. The molecule has 0 spiro atoms. The SMILES string of the molecule is COC(=O)[C@H]1CNCCN1c1ccc(Cl)cc1. The van der Waals surface area contributed by atoms with E-state index in [0.717, 1.165) is 18.8 Å². The van der Waals surface area contributed by atoms with E-state index >= 15 is 0 Å². The summed E-state index contributed by atoms with van der Waals surface area (Å²) in [5.74, 6) is -0.216. The lowest BCUT2D eigenvalue weighted by Gasteiger charge is -2.36. The van der Waals surface area contributed by atoms with Crippen molar-refractivity contribution in [3.63, 3.8) is 0 Å². The van der Waals surface area contributed by atoms with E-state index in [1.165, 1.54) is 7.11 Å². The number of nitrogens with zero attached hydrogens (tertiary/aromatic N) is 1. The molecule has 1 N–H and O–H groups in total. The Labute approximate surface area is 106 Å². The highest BCUT2D eigenvalue weighted by molar-refractivity contribution is 6.30. The minimum Gasteiger partial charge on any atom is -0.467 e. The molecule has 0 aromatic heterocycles. The number of halogens is 1. The zero-order valence-corrected chi connectivity index (χ0v) is 10.4. The Kier molecular flexibility index (Phi) is 3.86. The van der Waals surface area contributed by atoms with Crippen LogP contribution in [-0.4, -0.2) is 38.8 Å². The topological polar surface area (TPSA) is 41.6 Å². The summed E-state index contributed by atoms with van der Waals surface area (Å²) in [6.45, 7) is 2.24. The largest absolute Gasteiger partial charge is 0.467 e. The van der Waals surface area contributed by atoms with Crippen molar-refractivity contribution in [1.82, 2.24) is 5.32 Å². The van der Waals surface area contributed by atoms with E-state index in [1.54, 1.807) is 0 Å². The van der Waals surface area contributed by atoms with Gasteiger partial charge in [-0.05, 0) is 24.3 Å². The lowest BCUT2D eigenvalue weighted by molar-refractivity contribution is -0.142. The minimum absolute atomic E-state index is 0.216. The summed E-state index contributed by atoms with van der Waals surface area (Å²) >= 11 is 5.85. The smallest absolute Gasteiger partial charge is 0.329 e. The van der Waals surface area contributed by atoms with Gasteiger partial charge in [-0.15, -0.1) is 0 Å². The van der Waals surface area contributed by atoms with Gasteiger partial charge < -0.3 is 15.0 Å². The van der Waals surface area contributed by atoms with Crippen LogP contribution in [0.25, 0.3) is 0 Å². The van der Waals surface area contributed by atoms with Gasteiger partial charge in [0.2, 0.25) is 0 Å². The molecule has 4 nitrogen and oxygen atoms in total. The van der Waals surface area contributed by atoms with Gasteiger partial charge in [0, 0.05) is 30.3 Å². The number of carbonyl (C=O) groups is 1. The van der Waals surface area contributed by atoms with Crippen molar-refractivity contribution < 1.29 is 9.53 Å².